The van der Waals surface area contributed by atoms with E-state index in [0.29, 0.717) is 17.6 Å². The highest BCUT2D eigenvalue weighted by atomic mass is 16.6. The maximum absolute atomic E-state index is 11.1. The van der Waals surface area contributed by atoms with Gasteiger partial charge in [0.1, 0.15) is 0 Å². The summed E-state index contributed by atoms with van der Waals surface area (Å²) in [5.41, 5.74) is 3.04. The minimum Gasteiger partial charge on any atom is -0.286 e. The van der Waals surface area contributed by atoms with Gasteiger partial charge in [-0.2, -0.15) is 0 Å². The highest BCUT2D eigenvalue weighted by Crippen LogP contribution is 2.25. The Morgan fingerprint density at radius 2 is 1.91 bits per heavy atom. The molecule has 0 saturated heterocycles. The molecule has 0 bridgehead atoms. The number of hydrogen-bond donors (Lipinski definition) is 0. The van der Waals surface area contributed by atoms with Crippen LogP contribution >= 0.6 is 0 Å². The van der Waals surface area contributed by atoms with Crippen molar-refractivity contribution in [3.05, 3.63) is 81.7 Å². The van der Waals surface area contributed by atoms with Crippen LogP contribution in [0, 0.1) is 17.0 Å². The number of fused-ring (bicyclic) bond motifs is 1. The van der Waals surface area contributed by atoms with Crippen LogP contribution in [0.5, 0.6) is 0 Å². The van der Waals surface area contributed by atoms with Gasteiger partial charge in [-0.15, -0.1) is 0 Å². The molecule has 5 nitrogen and oxygen atoms in total. The molecule has 1 heterocycles. The molecule has 0 radical (unpaired) electrons. The molecule has 0 unspecified atom stereocenters. The van der Waals surface area contributed by atoms with E-state index in [1.807, 2.05) is 37.3 Å². The number of pyridine rings is 1. The van der Waals surface area contributed by atoms with Crippen molar-refractivity contribution < 1.29 is 4.92 Å². The highest BCUT2D eigenvalue weighted by Gasteiger charge is 2.12. The molecule has 3 rings (SSSR count). The Labute approximate surface area is 133 Å². The lowest BCUT2D eigenvalue weighted by Gasteiger charge is -2.02. The Kier molecular flexibility index (Phi) is 4.10. The molecule has 1 aromatic heterocycles. The van der Waals surface area contributed by atoms with Crippen LogP contribution in [0.3, 0.4) is 0 Å². The van der Waals surface area contributed by atoms with E-state index in [2.05, 4.69) is 9.98 Å². The fraction of sp³-hybridized carbons (Fsp3) is 0.111. The summed E-state index contributed by atoms with van der Waals surface area (Å²) in [6, 6.07) is 14.8. The van der Waals surface area contributed by atoms with E-state index < -0.39 is 0 Å². The van der Waals surface area contributed by atoms with Crippen LogP contribution in [0.1, 0.15) is 16.8 Å². The smallest absolute Gasteiger partial charge is 0.277 e. The summed E-state index contributed by atoms with van der Waals surface area (Å²) in [5.74, 6) is 0. The first-order chi connectivity index (χ1) is 11.1. The minimum atomic E-state index is -0.379. The lowest BCUT2D eigenvalue weighted by atomic mass is 10.1. The van der Waals surface area contributed by atoms with Gasteiger partial charge in [0.2, 0.25) is 0 Å². The van der Waals surface area contributed by atoms with Crippen LogP contribution in [-0.2, 0) is 6.54 Å². The monoisotopic (exact) mass is 305 g/mol. The topological polar surface area (TPSA) is 68.4 Å². The van der Waals surface area contributed by atoms with Crippen LogP contribution in [0.2, 0.25) is 0 Å². The van der Waals surface area contributed by atoms with Crippen LogP contribution in [0.25, 0.3) is 10.8 Å². The second-order valence-electron chi connectivity index (χ2n) is 5.28. The number of non-ortho nitro benzene ring substituents is 1. The van der Waals surface area contributed by atoms with Gasteiger partial charge in [0.05, 0.1) is 22.5 Å². The van der Waals surface area contributed by atoms with Crippen LogP contribution in [0.15, 0.2) is 59.7 Å². The van der Waals surface area contributed by atoms with E-state index in [-0.39, 0.29) is 10.6 Å². The van der Waals surface area contributed by atoms with Crippen molar-refractivity contribution in [2.75, 3.05) is 0 Å². The van der Waals surface area contributed by atoms with Crippen molar-refractivity contribution in [1.29, 1.82) is 0 Å². The Morgan fingerprint density at radius 3 is 2.65 bits per heavy atom. The van der Waals surface area contributed by atoms with Gasteiger partial charge in [0.15, 0.2) is 0 Å². The first-order valence-corrected chi connectivity index (χ1v) is 7.22. The average molecular weight is 305 g/mol. The molecule has 0 fully saturated rings. The molecule has 0 aliphatic heterocycles. The Morgan fingerprint density at radius 1 is 1.13 bits per heavy atom. The Balaban J connectivity index is 1.91. The van der Waals surface area contributed by atoms with E-state index in [1.54, 1.807) is 24.5 Å². The first-order valence-electron chi connectivity index (χ1n) is 7.22. The molecule has 5 heteroatoms. The van der Waals surface area contributed by atoms with E-state index in [1.165, 1.54) is 11.6 Å². The van der Waals surface area contributed by atoms with Crippen LogP contribution in [0.4, 0.5) is 5.69 Å². The van der Waals surface area contributed by atoms with Crippen LogP contribution in [-0.4, -0.2) is 16.1 Å². The maximum Gasteiger partial charge on any atom is 0.277 e. The molecule has 0 saturated carbocycles. The number of aromatic nitrogens is 1. The molecule has 0 N–H and O–H groups in total. The first kappa shape index (κ1) is 14.8. The zero-order valence-corrected chi connectivity index (χ0v) is 12.6. The molecule has 0 aliphatic rings. The number of benzene rings is 2. The fourth-order valence-corrected chi connectivity index (χ4v) is 2.41. The van der Waals surface area contributed by atoms with E-state index in [4.69, 9.17) is 0 Å². The summed E-state index contributed by atoms with van der Waals surface area (Å²) in [7, 11) is 0. The van der Waals surface area contributed by atoms with Crippen molar-refractivity contribution in [2.45, 2.75) is 13.5 Å². The Bertz CT molecular complexity index is 886. The summed E-state index contributed by atoms with van der Waals surface area (Å²) in [4.78, 5) is 19.4. The SMILES string of the molecule is Cc1ccc(CN=Cc2nccc3c([N+](=O)[O-])cccc23)cc1. The minimum absolute atomic E-state index is 0.0816. The third-order valence-electron chi connectivity index (χ3n) is 3.62. The summed E-state index contributed by atoms with van der Waals surface area (Å²) in [5, 5.41) is 12.4. The zero-order valence-electron chi connectivity index (χ0n) is 12.6. The fourth-order valence-electron chi connectivity index (χ4n) is 2.41. The summed E-state index contributed by atoms with van der Waals surface area (Å²) < 4.78 is 0. The summed E-state index contributed by atoms with van der Waals surface area (Å²) in [6.45, 7) is 2.59. The molecular weight excluding hydrogens is 290 g/mol. The lowest BCUT2D eigenvalue weighted by Crippen LogP contribution is -1.94. The molecule has 0 atom stereocenters. The van der Waals surface area contributed by atoms with Gasteiger partial charge < -0.3 is 0 Å². The molecule has 0 amide bonds. The average Bonchev–Trinajstić information content (AvgIpc) is 2.56. The normalized spacial score (nSPS) is 11.2. The number of aryl methyl sites for hydroxylation is 1. The number of hydrogen-bond acceptors (Lipinski definition) is 4. The van der Waals surface area contributed by atoms with Gasteiger partial charge in [-0.3, -0.25) is 20.1 Å². The number of nitrogens with zero attached hydrogens (tertiary/aromatic N) is 3. The predicted molar refractivity (Wildman–Crippen MR) is 90.9 cm³/mol. The molecule has 3 aromatic rings. The van der Waals surface area contributed by atoms with Gasteiger partial charge >= 0.3 is 0 Å². The molecule has 2 aromatic carbocycles. The lowest BCUT2D eigenvalue weighted by molar-refractivity contribution is -0.383. The molecule has 23 heavy (non-hydrogen) atoms. The molecule has 114 valence electrons. The van der Waals surface area contributed by atoms with Crippen molar-refractivity contribution in [3.63, 3.8) is 0 Å². The van der Waals surface area contributed by atoms with Crippen LogP contribution < -0.4 is 0 Å². The zero-order chi connectivity index (χ0) is 16.2. The Hall–Kier alpha value is -3.08. The summed E-state index contributed by atoms with van der Waals surface area (Å²) in [6.07, 6.45) is 3.24. The van der Waals surface area contributed by atoms with E-state index in [0.717, 1.165) is 10.9 Å². The van der Waals surface area contributed by atoms with Crippen molar-refractivity contribution in [2.24, 2.45) is 4.99 Å². The second-order valence-corrected chi connectivity index (χ2v) is 5.28. The highest BCUT2D eigenvalue weighted by molar-refractivity contribution is 6.01. The number of aliphatic imine (C=N–C) groups is 1. The van der Waals surface area contributed by atoms with Gasteiger partial charge in [0.25, 0.3) is 5.69 Å². The quantitative estimate of drug-likeness (QED) is 0.414. The van der Waals surface area contributed by atoms with Gasteiger partial charge in [-0.25, -0.2) is 0 Å². The van der Waals surface area contributed by atoms with Gasteiger partial charge in [-0.1, -0.05) is 42.0 Å². The third kappa shape index (κ3) is 3.23. The van der Waals surface area contributed by atoms with Crippen molar-refractivity contribution >= 4 is 22.7 Å². The summed E-state index contributed by atoms with van der Waals surface area (Å²) >= 11 is 0. The predicted octanol–water partition coefficient (Wildman–Crippen LogP) is 4.07. The van der Waals surface area contributed by atoms with E-state index in [9.17, 15) is 10.1 Å². The molecule has 0 spiro atoms. The molecular formula is C18H15N3O2. The number of nitro benzene ring substituents is 1. The second kappa shape index (κ2) is 6.36. The van der Waals surface area contributed by atoms with Crippen molar-refractivity contribution in [3.8, 4) is 0 Å². The van der Waals surface area contributed by atoms with Gasteiger partial charge in [0, 0.05) is 23.9 Å². The standard InChI is InChI=1S/C18H15N3O2/c1-13-5-7-14(8-6-13)11-19-12-17-15-3-2-4-18(21(22)23)16(15)9-10-20-17/h2-10,12H,11H2,1H3. The van der Waals surface area contributed by atoms with Gasteiger partial charge in [-0.05, 0) is 18.6 Å². The number of nitro groups is 1. The van der Waals surface area contributed by atoms with Crippen molar-refractivity contribution in [1.82, 2.24) is 4.98 Å². The largest absolute Gasteiger partial charge is 0.286 e. The maximum atomic E-state index is 11.1. The molecule has 0 aliphatic carbocycles. The van der Waals surface area contributed by atoms with E-state index >= 15 is 0 Å². The third-order valence-corrected chi connectivity index (χ3v) is 3.62. The number of rotatable bonds is 4.